The molecule has 1 N–H and O–H groups in total. The van der Waals surface area contributed by atoms with Gasteiger partial charge in [-0.2, -0.15) is 0 Å². The number of anilines is 2. The molecule has 1 spiro atoms. The van der Waals surface area contributed by atoms with Crippen molar-refractivity contribution in [3.8, 4) is 0 Å². The molecule has 2 aliphatic rings. The summed E-state index contributed by atoms with van der Waals surface area (Å²) in [5.74, 6) is -2.15. The Morgan fingerprint density at radius 3 is 2.29 bits per heavy atom. The molecular weight excluding hydrogens is 439 g/mol. The lowest BCUT2D eigenvalue weighted by Crippen LogP contribution is -2.56. The molecule has 0 unspecified atom stereocenters. The highest BCUT2D eigenvalue weighted by Gasteiger charge is 2.50. The number of nitrogens with one attached hydrogen (secondary N) is 1. The lowest BCUT2D eigenvalue weighted by molar-refractivity contribution is -0.114. The highest BCUT2D eigenvalue weighted by molar-refractivity contribution is 6.07. The molecule has 7 heteroatoms. The van der Waals surface area contributed by atoms with Crippen molar-refractivity contribution in [3.63, 3.8) is 0 Å². The first-order chi connectivity index (χ1) is 16.4. The van der Waals surface area contributed by atoms with Gasteiger partial charge in [-0.25, -0.2) is 13.2 Å². The normalized spacial score (nSPS) is 17.8. The zero-order valence-electron chi connectivity index (χ0n) is 18.5. The van der Waals surface area contributed by atoms with Crippen molar-refractivity contribution >= 4 is 17.3 Å². The van der Waals surface area contributed by atoms with E-state index in [4.69, 9.17) is 0 Å². The fourth-order valence-electron chi connectivity index (χ4n) is 4.95. The van der Waals surface area contributed by atoms with E-state index in [0.29, 0.717) is 37.3 Å². The van der Waals surface area contributed by atoms with Crippen LogP contribution in [0.4, 0.5) is 24.5 Å². The quantitative estimate of drug-likeness (QED) is 0.544. The monoisotopic (exact) mass is 463 g/mol. The van der Waals surface area contributed by atoms with Crippen LogP contribution in [0.15, 0.2) is 84.6 Å². The van der Waals surface area contributed by atoms with Crippen molar-refractivity contribution in [2.24, 2.45) is 0 Å². The smallest absolute Gasteiger partial charge is 0.253 e. The van der Waals surface area contributed by atoms with E-state index in [2.05, 4.69) is 22.3 Å². The van der Waals surface area contributed by atoms with Gasteiger partial charge in [-0.3, -0.25) is 14.6 Å². The fraction of sp³-hybridized carbons (Fsp3) is 0.222. The second kappa shape index (κ2) is 8.99. The maximum atomic E-state index is 14.4. The molecule has 0 aromatic heterocycles. The number of hydrogen-bond acceptors (Lipinski definition) is 3. The van der Waals surface area contributed by atoms with E-state index in [9.17, 15) is 18.0 Å². The molecule has 0 saturated carbocycles. The summed E-state index contributed by atoms with van der Waals surface area (Å²) in [5.41, 5.74) is 1.48. The van der Waals surface area contributed by atoms with E-state index in [1.807, 2.05) is 18.2 Å². The minimum absolute atomic E-state index is 0.0904. The molecule has 0 bridgehead atoms. The average Bonchev–Trinajstić information content (AvgIpc) is 3.08. The van der Waals surface area contributed by atoms with E-state index in [-0.39, 0.29) is 11.6 Å². The summed E-state index contributed by atoms with van der Waals surface area (Å²) in [6, 6.07) is 19.4. The van der Waals surface area contributed by atoms with Gasteiger partial charge < -0.3 is 5.32 Å². The number of hydrogen-bond donors (Lipinski definition) is 1. The maximum absolute atomic E-state index is 14.4. The third kappa shape index (κ3) is 4.19. The molecule has 3 aromatic carbocycles. The Kier molecular flexibility index (Phi) is 5.87. The number of piperidine rings is 1. The number of carbonyl (C=O) groups is 1. The van der Waals surface area contributed by atoms with E-state index in [1.54, 1.807) is 17.0 Å². The van der Waals surface area contributed by atoms with Crippen molar-refractivity contribution in [2.75, 3.05) is 23.3 Å². The number of likely N-dealkylation sites (tertiary alicyclic amines) is 1. The molecule has 4 nitrogen and oxygen atoms in total. The van der Waals surface area contributed by atoms with Crippen molar-refractivity contribution < 1.29 is 18.0 Å². The number of nitrogens with zero attached hydrogens (tertiary/aromatic N) is 2. The number of halogens is 3. The van der Waals surface area contributed by atoms with Crippen LogP contribution in [0.5, 0.6) is 0 Å². The van der Waals surface area contributed by atoms with Crippen LogP contribution < -0.4 is 10.2 Å². The van der Waals surface area contributed by atoms with Crippen LogP contribution in [0.3, 0.4) is 0 Å². The predicted molar refractivity (Wildman–Crippen MR) is 126 cm³/mol. The van der Waals surface area contributed by atoms with Crippen molar-refractivity contribution in [2.45, 2.75) is 24.9 Å². The number of carbonyl (C=O) groups excluding carboxylic acids is 1. The van der Waals surface area contributed by atoms with Crippen LogP contribution in [-0.4, -0.2) is 29.4 Å². The SMILES string of the molecule is O=C1C=C(Nc2ccc(F)cc2F)C2(CCN(Cc3ccccc3)CC2)N1c1cccc(F)c1. The van der Waals surface area contributed by atoms with Crippen LogP contribution >= 0.6 is 0 Å². The molecule has 1 amide bonds. The lowest BCUT2D eigenvalue weighted by atomic mass is 9.83. The Balaban J connectivity index is 1.46. The Morgan fingerprint density at radius 1 is 0.853 bits per heavy atom. The van der Waals surface area contributed by atoms with Crippen molar-refractivity contribution in [3.05, 3.63) is 108 Å². The number of amides is 1. The Hall–Kier alpha value is -3.58. The zero-order valence-corrected chi connectivity index (χ0v) is 18.5. The van der Waals surface area contributed by atoms with Crippen LogP contribution in [0.25, 0.3) is 0 Å². The highest BCUT2D eigenvalue weighted by atomic mass is 19.1. The van der Waals surface area contributed by atoms with Crippen LogP contribution in [-0.2, 0) is 11.3 Å². The maximum Gasteiger partial charge on any atom is 0.253 e. The molecule has 2 aliphatic heterocycles. The van der Waals surface area contributed by atoms with Gasteiger partial charge in [0.05, 0.1) is 11.2 Å². The van der Waals surface area contributed by atoms with Crippen molar-refractivity contribution in [1.29, 1.82) is 0 Å². The van der Waals surface area contributed by atoms with Gasteiger partial charge >= 0.3 is 0 Å². The topological polar surface area (TPSA) is 35.6 Å². The van der Waals surface area contributed by atoms with Crippen LogP contribution in [0.2, 0.25) is 0 Å². The summed E-state index contributed by atoms with van der Waals surface area (Å²) in [6.07, 6.45) is 2.59. The molecule has 174 valence electrons. The van der Waals surface area contributed by atoms with Gasteiger partial charge in [0.1, 0.15) is 17.5 Å². The Bertz CT molecular complexity index is 1240. The second-order valence-corrected chi connectivity index (χ2v) is 8.75. The van der Waals surface area contributed by atoms with Gasteiger partial charge in [-0.15, -0.1) is 0 Å². The minimum Gasteiger partial charge on any atom is -0.354 e. The van der Waals surface area contributed by atoms with Gasteiger partial charge in [-0.1, -0.05) is 36.4 Å². The molecule has 1 fully saturated rings. The number of rotatable bonds is 5. The molecule has 34 heavy (non-hydrogen) atoms. The van der Waals surface area contributed by atoms with Gasteiger partial charge in [0.15, 0.2) is 0 Å². The van der Waals surface area contributed by atoms with E-state index < -0.39 is 23.0 Å². The van der Waals surface area contributed by atoms with E-state index in [1.165, 1.54) is 35.9 Å². The summed E-state index contributed by atoms with van der Waals surface area (Å²) in [6.45, 7) is 2.17. The molecule has 0 aliphatic carbocycles. The molecule has 1 saturated heterocycles. The van der Waals surface area contributed by atoms with Gasteiger partial charge in [0, 0.05) is 43.2 Å². The highest BCUT2D eigenvalue weighted by Crippen LogP contribution is 2.44. The average molecular weight is 464 g/mol. The van der Waals surface area contributed by atoms with E-state index in [0.717, 1.165) is 12.6 Å². The summed E-state index contributed by atoms with van der Waals surface area (Å²) in [4.78, 5) is 17.1. The van der Waals surface area contributed by atoms with E-state index >= 15 is 0 Å². The predicted octanol–water partition coefficient (Wildman–Crippen LogP) is 5.48. The third-order valence-corrected chi connectivity index (χ3v) is 6.62. The molecule has 0 atom stereocenters. The molecule has 2 heterocycles. The first-order valence-electron chi connectivity index (χ1n) is 11.2. The number of benzene rings is 3. The summed E-state index contributed by atoms with van der Waals surface area (Å²) in [7, 11) is 0. The third-order valence-electron chi connectivity index (χ3n) is 6.62. The van der Waals surface area contributed by atoms with Gasteiger partial charge in [0.25, 0.3) is 5.91 Å². The largest absolute Gasteiger partial charge is 0.354 e. The lowest BCUT2D eigenvalue weighted by Gasteiger charge is -2.46. The standard InChI is InChI=1S/C27H24F3N3O/c28-20-7-4-8-22(15-20)33-26(34)17-25(31-24-10-9-21(29)16-23(24)30)27(33)11-13-32(14-12-27)18-19-5-2-1-3-6-19/h1-10,15-17,31H,11-14,18H2. The Labute approximate surface area is 196 Å². The Morgan fingerprint density at radius 2 is 1.59 bits per heavy atom. The van der Waals surface area contributed by atoms with Gasteiger partial charge in [-0.05, 0) is 48.7 Å². The first-order valence-corrected chi connectivity index (χ1v) is 11.2. The van der Waals surface area contributed by atoms with Gasteiger partial charge in [0.2, 0.25) is 0 Å². The van der Waals surface area contributed by atoms with Crippen LogP contribution in [0.1, 0.15) is 18.4 Å². The van der Waals surface area contributed by atoms with Crippen LogP contribution in [0, 0.1) is 17.5 Å². The summed E-state index contributed by atoms with van der Waals surface area (Å²) >= 11 is 0. The molecule has 3 aromatic rings. The fourth-order valence-corrected chi connectivity index (χ4v) is 4.95. The summed E-state index contributed by atoms with van der Waals surface area (Å²) in [5, 5.41) is 3.05. The second-order valence-electron chi connectivity index (χ2n) is 8.75. The molecular formula is C27H24F3N3O. The van der Waals surface area contributed by atoms with Crippen molar-refractivity contribution in [1.82, 2.24) is 4.90 Å². The first kappa shape index (κ1) is 22.2. The summed E-state index contributed by atoms with van der Waals surface area (Å²) < 4.78 is 42.0. The molecule has 0 radical (unpaired) electrons. The molecule has 5 rings (SSSR count). The zero-order chi connectivity index (χ0) is 23.7. The minimum atomic E-state index is -0.793.